The number of rotatable bonds is 7. The van der Waals surface area contributed by atoms with Crippen molar-refractivity contribution in [3.05, 3.63) is 58.1 Å². The molecule has 2 rings (SSSR count). The summed E-state index contributed by atoms with van der Waals surface area (Å²) in [4.78, 5) is 26.3. The van der Waals surface area contributed by atoms with Gasteiger partial charge in [0.05, 0.1) is 26.4 Å². The maximum atomic E-state index is 13.1. The molecule has 6 nitrogen and oxygen atoms in total. The molecule has 0 saturated carbocycles. The van der Waals surface area contributed by atoms with Crippen LogP contribution in [0.5, 0.6) is 11.5 Å². The summed E-state index contributed by atoms with van der Waals surface area (Å²) in [5, 5.41) is 0.245. The van der Waals surface area contributed by atoms with Gasteiger partial charge in [-0.1, -0.05) is 35.9 Å². The third-order valence-corrected chi connectivity index (χ3v) is 4.42. The minimum Gasteiger partial charge on any atom is -0.493 e. The lowest BCUT2D eigenvalue weighted by Gasteiger charge is -2.23. The third-order valence-electron chi connectivity index (χ3n) is 4.14. The van der Waals surface area contributed by atoms with Gasteiger partial charge in [0, 0.05) is 12.1 Å². The first-order chi connectivity index (χ1) is 12.9. The molecule has 7 heteroatoms. The second-order valence-corrected chi connectivity index (χ2v) is 6.26. The maximum absolute atomic E-state index is 13.1. The van der Waals surface area contributed by atoms with Crippen LogP contribution in [0.3, 0.4) is 0 Å². The highest BCUT2D eigenvalue weighted by atomic mass is 35.5. The highest BCUT2D eigenvalue weighted by Gasteiger charge is 2.23. The van der Waals surface area contributed by atoms with Gasteiger partial charge in [-0.15, -0.1) is 0 Å². The second kappa shape index (κ2) is 9.28. The number of esters is 1. The molecule has 0 bridgehead atoms. The number of benzene rings is 2. The van der Waals surface area contributed by atoms with Gasteiger partial charge in [-0.3, -0.25) is 9.59 Å². The predicted octanol–water partition coefficient (Wildman–Crippen LogP) is 3.48. The van der Waals surface area contributed by atoms with Gasteiger partial charge in [0.2, 0.25) is 0 Å². The molecule has 0 atom stereocenters. The summed E-state index contributed by atoms with van der Waals surface area (Å²) in [6.07, 6.45) is 0. The Hall–Kier alpha value is -2.73. The van der Waals surface area contributed by atoms with Gasteiger partial charge < -0.3 is 19.1 Å². The minimum atomic E-state index is -0.511. The molecule has 0 aliphatic carbocycles. The van der Waals surface area contributed by atoms with Crippen molar-refractivity contribution < 1.29 is 23.8 Å². The van der Waals surface area contributed by atoms with Crippen LogP contribution in [0.2, 0.25) is 5.02 Å². The summed E-state index contributed by atoms with van der Waals surface area (Å²) in [5.74, 6) is -0.202. The van der Waals surface area contributed by atoms with Crippen LogP contribution in [0.25, 0.3) is 0 Å². The van der Waals surface area contributed by atoms with Crippen LogP contribution in [0.15, 0.2) is 36.4 Å². The lowest BCUT2D eigenvalue weighted by Crippen LogP contribution is -2.36. The van der Waals surface area contributed by atoms with Crippen molar-refractivity contribution >= 4 is 23.5 Å². The smallest absolute Gasteiger partial charge is 0.325 e. The number of hydrogen-bond donors (Lipinski definition) is 0. The van der Waals surface area contributed by atoms with Crippen LogP contribution in [-0.2, 0) is 16.1 Å². The summed E-state index contributed by atoms with van der Waals surface area (Å²) < 4.78 is 15.2. The number of carbonyl (C=O) groups excluding carboxylic acids is 2. The first-order valence-corrected chi connectivity index (χ1v) is 8.61. The van der Waals surface area contributed by atoms with E-state index >= 15 is 0 Å². The summed E-state index contributed by atoms with van der Waals surface area (Å²) in [6.45, 7) is 2.02. The molecule has 0 fully saturated rings. The lowest BCUT2D eigenvalue weighted by molar-refractivity contribution is -0.141. The SMILES string of the molecule is COC(=O)CN(Cc1ccccc1C)C(=O)c1cc(Cl)c(OC)c(OC)c1. The Labute approximate surface area is 163 Å². The van der Waals surface area contributed by atoms with Crippen molar-refractivity contribution in [1.29, 1.82) is 0 Å². The number of amides is 1. The van der Waals surface area contributed by atoms with Crippen molar-refractivity contribution in [3.8, 4) is 11.5 Å². The fourth-order valence-electron chi connectivity index (χ4n) is 2.64. The molecule has 2 aromatic rings. The Morgan fingerprint density at radius 1 is 1.07 bits per heavy atom. The van der Waals surface area contributed by atoms with Crippen LogP contribution in [-0.4, -0.2) is 44.7 Å². The molecule has 0 saturated heterocycles. The number of hydrogen-bond acceptors (Lipinski definition) is 5. The highest BCUT2D eigenvalue weighted by Crippen LogP contribution is 2.36. The zero-order valence-electron chi connectivity index (χ0n) is 15.7. The number of methoxy groups -OCH3 is 3. The second-order valence-electron chi connectivity index (χ2n) is 5.86. The van der Waals surface area contributed by atoms with E-state index in [1.165, 1.54) is 38.4 Å². The molecule has 27 heavy (non-hydrogen) atoms. The van der Waals surface area contributed by atoms with E-state index in [0.717, 1.165) is 11.1 Å². The van der Waals surface area contributed by atoms with E-state index in [-0.39, 0.29) is 29.6 Å². The molecule has 144 valence electrons. The van der Waals surface area contributed by atoms with Crippen LogP contribution < -0.4 is 9.47 Å². The monoisotopic (exact) mass is 391 g/mol. The topological polar surface area (TPSA) is 65.1 Å². The predicted molar refractivity (Wildman–Crippen MR) is 102 cm³/mol. The number of nitrogens with zero attached hydrogens (tertiary/aromatic N) is 1. The van der Waals surface area contributed by atoms with E-state index in [1.54, 1.807) is 0 Å². The molecule has 2 aromatic carbocycles. The summed E-state index contributed by atoms with van der Waals surface area (Å²) in [7, 11) is 4.21. The summed E-state index contributed by atoms with van der Waals surface area (Å²) >= 11 is 6.21. The Balaban J connectivity index is 2.40. The van der Waals surface area contributed by atoms with Crippen LogP contribution in [0.4, 0.5) is 0 Å². The zero-order valence-corrected chi connectivity index (χ0v) is 16.5. The Kier molecular flexibility index (Phi) is 7.07. The van der Waals surface area contributed by atoms with E-state index in [9.17, 15) is 9.59 Å². The van der Waals surface area contributed by atoms with Crippen molar-refractivity contribution in [1.82, 2.24) is 4.90 Å². The fraction of sp³-hybridized carbons (Fsp3) is 0.300. The van der Waals surface area contributed by atoms with E-state index < -0.39 is 5.97 Å². The van der Waals surface area contributed by atoms with Crippen molar-refractivity contribution in [3.63, 3.8) is 0 Å². The molecule has 0 heterocycles. The molecular weight excluding hydrogens is 370 g/mol. The van der Waals surface area contributed by atoms with Gasteiger partial charge in [0.1, 0.15) is 6.54 Å². The molecule has 0 N–H and O–H groups in total. The fourth-order valence-corrected chi connectivity index (χ4v) is 2.92. The van der Waals surface area contributed by atoms with Crippen molar-refractivity contribution in [2.24, 2.45) is 0 Å². The summed E-state index contributed by atoms with van der Waals surface area (Å²) in [6, 6.07) is 10.7. The quantitative estimate of drug-likeness (QED) is 0.676. The van der Waals surface area contributed by atoms with Gasteiger partial charge in [-0.25, -0.2) is 0 Å². The molecule has 0 aromatic heterocycles. The summed E-state index contributed by atoms with van der Waals surface area (Å²) in [5.41, 5.74) is 2.24. The molecule has 0 radical (unpaired) electrons. The Bertz CT molecular complexity index is 837. The van der Waals surface area contributed by atoms with E-state index in [2.05, 4.69) is 0 Å². The first kappa shape index (κ1) is 20.6. The van der Waals surface area contributed by atoms with Gasteiger partial charge in [0.15, 0.2) is 11.5 Å². The van der Waals surface area contributed by atoms with Crippen molar-refractivity contribution in [2.75, 3.05) is 27.9 Å². The Morgan fingerprint density at radius 3 is 2.37 bits per heavy atom. The highest BCUT2D eigenvalue weighted by molar-refractivity contribution is 6.32. The van der Waals surface area contributed by atoms with Crippen LogP contribution >= 0.6 is 11.6 Å². The van der Waals surface area contributed by atoms with Crippen LogP contribution in [0, 0.1) is 6.92 Å². The molecule has 0 aliphatic rings. The number of aryl methyl sites for hydroxylation is 1. The van der Waals surface area contributed by atoms with E-state index in [4.69, 9.17) is 25.8 Å². The molecular formula is C20H22ClNO5. The largest absolute Gasteiger partial charge is 0.493 e. The molecule has 0 aliphatic heterocycles. The van der Waals surface area contributed by atoms with Gasteiger partial charge in [0.25, 0.3) is 5.91 Å². The molecule has 0 spiro atoms. The molecule has 1 amide bonds. The normalized spacial score (nSPS) is 10.3. The van der Waals surface area contributed by atoms with Gasteiger partial charge >= 0.3 is 5.97 Å². The van der Waals surface area contributed by atoms with Crippen molar-refractivity contribution in [2.45, 2.75) is 13.5 Å². The average Bonchev–Trinajstić information content (AvgIpc) is 2.67. The van der Waals surface area contributed by atoms with Gasteiger partial charge in [-0.2, -0.15) is 0 Å². The average molecular weight is 392 g/mol. The Morgan fingerprint density at radius 2 is 1.78 bits per heavy atom. The number of carbonyl (C=O) groups is 2. The van der Waals surface area contributed by atoms with E-state index in [1.807, 2.05) is 31.2 Å². The maximum Gasteiger partial charge on any atom is 0.325 e. The number of halogens is 1. The molecule has 0 unspecified atom stereocenters. The number of ether oxygens (including phenoxy) is 3. The van der Waals surface area contributed by atoms with E-state index in [0.29, 0.717) is 11.5 Å². The lowest BCUT2D eigenvalue weighted by atomic mass is 10.1. The zero-order chi connectivity index (χ0) is 20.0. The third kappa shape index (κ3) is 4.92. The standard InChI is InChI=1S/C20H22ClNO5/c1-13-7-5-6-8-14(13)11-22(12-18(23)26-3)20(24)15-9-16(21)19(27-4)17(10-15)25-2/h5-10H,11-12H2,1-4H3. The van der Waals surface area contributed by atoms with Crippen LogP contribution in [0.1, 0.15) is 21.5 Å². The van der Waals surface area contributed by atoms with Gasteiger partial charge in [-0.05, 0) is 30.2 Å². The first-order valence-electron chi connectivity index (χ1n) is 8.23. The minimum absolute atomic E-state index is 0.185.